The van der Waals surface area contributed by atoms with Gasteiger partial charge in [0, 0.05) is 31.9 Å². The van der Waals surface area contributed by atoms with E-state index in [4.69, 9.17) is 4.74 Å². The molecule has 3 aromatic carbocycles. The van der Waals surface area contributed by atoms with Gasteiger partial charge in [-0.2, -0.15) is 0 Å². The quantitative estimate of drug-likeness (QED) is 0.420. The fourth-order valence-corrected chi connectivity index (χ4v) is 4.47. The monoisotopic (exact) mass is 458 g/mol. The number of ether oxygens (including phenoxy) is 1. The molecule has 0 bridgehead atoms. The first-order chi connectivity index (χ1) is 16.7. The van der Waals surface area contributed by atoms with E-state index in [1.54, 1.807) is 7.11 Å². The topological polar surface area (TPSA) is 59.3 Å². The van der Waals surface area contributed by atoms with Crippen LogP contribution in [0, 0.1) is 5.82 Å². The van der Waals surface area contributed by atoms with Gasteiger partial charge >= 0.3 is 0 Å². The van der Waals surface area contributed by atoms with Gasteiger partial charge in [-0.3, -0.25) is 4.90 Å². The Morgan fingerprint density at radius 3 is 2.26 bits per heavy atom. The lowest BCUT2D eigenvalue weighted by Crippen LogP contribution is -2.48. The van der Waals surface area contributed by atoms with Crippen LogP contribution in [0.3, 0.4) is 0 Å². The first-order valence-corrected chi connectivity index (χ1v) is 11.4. The first-order valence-electron chi connectivity index (χ1n) is 11.4. The largest absolute Gasteiger partial charge is 0.497 e. The van der Waals surface area contributed by atoms with E-state index in [0.29, 0.717) is 6.54 Å². The smallest absolute Gasteiger partial charge is 0.173 e. The van der Waals surface area contributed by atoms with E-state index in [2.05, 4.69) is 49.6 Å². The number of halogens is 1. The van der Waals surface area contributed by atoms with Crippen molar-refractivity contribution in [2.45, 2.75) is 12.6 Å². The number of hydrogen-bond donors (Lipinski definition) is 0. The molecule has 0 spiro atoms. The third-order valence-electron chi connectivity index (χ3n) is 6.28. The standard InChI is InChI=1S/C26H27FN6O/c1-34-24-13-7-20(8-14-24)19-33-26(28-29-30-33)25(21-9-11-22(27)12-10-21)32-17-15-31(16-18-32)23-5-3-2-4-6-23/h2-14,25H,15-19H2,1H3. The van der Waals surface area contributed by atoms with Crippen molar-refractivity contribution in [1.29, 1.82) is 0 Å². The van der Waals surface area contributed by atoms with Crippen LogP contribution in [-0.2, 0) is 6.54 Å². The lowest BCUT2D eigenvalue weighted by molar-refractivity contribution is 0.201. The number of aromatic nitrogens is 4. The summed E-state index contributed by atoms with van der Waals surface area (Å²) >= 11 is 0. The maximum absolute atomic E-state index is 13.7. The van der Waals surface area contributed by atoms with Crippen LogP contribution >= 0.6 is 0 Å². The van der Waals surface area contributed by atoms with Gasteiger partial charge in [0.05, 0.1) is 19.7 Å². The number of methoxy groups -OCH3 is 1. The van der Waals surface area contributed by atoms with E-state index in [1.165, 1.54) is 17.8 Å². The minimum Gasteiger partial charge on any atom is -0.497 e. The summed E-state index contributed by atoms with van der Waals surface area (Å²) in [6.45, 7) is 4.00. The van der Waals surface area contributed by atoms with Crippen LogP contribution in [-0.4, -0.2) is 58.4 Å². The minimum absolute atomic E-state index is 0.174. The molecule has 34 heavy (non-hydrogen) atoms. The lowest BCUT2D eigenvalue weighted by Gasteiger charge is -2.39. The Kier molecular flexibility index (Phi) is 6.49. The second-order valence-electron chi connectivity index (χ2n) is 8.36. The molecule has 1 aliphatic rings. The molecule has 2 heterocycles. The molecular weight excluding hydrogens is 431 g/mol. The molecule has 1 fully saturated rings. The summed E-state index contributed by atoms with van der Waals surface area (Å²) in [7, 11) is 1.65. The molecule has 5 rings (SSSR count). The Balaban J connectivity index is 1.41. The predicted octanol–water partition coefficient (Wildman–Crippen LogP) is 3.78. The lowest BCUT2D eigenvalue weighted by atomic mass is 10.0. The molecule has 1 aliphatic heterocycles. The summed E-state index contributed by atoms with van der Waals surface area (Å²) in [4.78, 5) is 4.77. The number of benzene rings is 3. The first kappa shape index (κ1) is 22.0. The third-order valence-corrected chi connectivity index (χ3v) is 6.28. The van der Waals surface area contributed by atoms with Crippen molar-refractivity contribution in [2.24, 2.45) is 0 Å². The summed E-state index contributed by atoms with van der Waals surface area (Å²) in [5.74, 6) is 1.30. The number of hydrogen-bond acceptors (Lipinski definition) is 6. The highest BCUT2D eigenvalue weighted by molar-refractivity contribution is 5.46. The Labute approximate surface area is 198 Å². The normalized spacial score (nSPS) is 15.3. The molecule has 1 saturated heterocycles. The van der Waals surface area contributed by atoms with E-state index in [9.17, 15) is 4.39 Å². The van der Waals surface area contributed by atoms with Crippen molar-refractivity contribution >= 4 is 5.69 Å². The van der Waals surface area contributed by atoms with Crippen LogP contribution < -0.4 is 9.64 Å². The fourth-order valence-electron chi connectivity index (χ4n) is 4.47. The van der Waals surface area contributed by atoms with Gasteiger partial charge < -0.3 is 9.64 Å². The maximum atomic E-state index is 13.7. The molecule has 8 heteroatoms. The summed E-state index contributed by atoms with van der Waals surface area (Å²) in [5.41, 5.74) is 3.27. The molecule has 0 amide bonds. The van der Waals surface area contributed by atoms with E-state index in [-0.39, 0.29) is 11.9 Å². The van der Waals surface area contributed by atoms with Gasteiger partial charge in [-0.1, -0.05) is 42.5 Å². The Morgan fingerprint density at radius 2 is 1.59 bits per heavy atom. The van der Waals surface area contributed by atoms with Gasteiger partial charge in [0.1, 0.15) is 11.6 Å². The van der Waals surface area contributed by atoms with E-state index in [1.807, 2.05) is 47.1 Å². The Hall–Kier alpha value is -3.78. The molecule has 1 atom stereocenters. The van der Waals surface area contributed by atoms with Gasteiger partial charge in [0.15, 0.2) is 5.82 Å². The molecule has 174 valence electrons. The van der Waals surface area contributed by atoms with Crippen molar-refractivity contribution < 1.29 is 9.13 Å². The Morgan fingerprint density at radius 1 is 0.882 bits per heavy atom. The minimum atomic E-state index is -0.255. The van der Waals surface area contributed by atoms with Crippen molar-refractivity contribution in [1.82, 2.24) is 25.1 Å². The average Bonchev–Trinajstić information content (AvgIpc) is 3.34. The summed E-state index contributed by atoms with van der Waals surface area (Å²) < 4.78 is 20.8. The fraction of sp³-hybridized carbons (Fsp3) is 0.269. The van der Waals surface area contributed by atoms with Crippen LogP contribution in [0.5, 0.6) is 5.75 Å². The highest BCUT2D eigenvalue weighted by Gasteiger charge is 2.30. The molecule has 1 unspecified atom stereocenters. The van der Waals surface area contributed by atoms with Crippen molar-refractivity contribution in [3.63, 3.8) is 0 Å². The van der Waals surface area contributed by atoms with Crippen LogP contribution in [0.4, 0.5) is 10.1 Å². The molecule has 4 aromatic rings. The van der Waals surface area contributed by atoms with Gasteiger partial charge in [-0.15, -0.1) is 5.10 Å². The summed E-state index contributed by atoms with van der Waals surface area (Å²) in [6.07, 6.45) is 0. The molecule has 0 N–H and O–H groups in total. The highest BCUT2D eigenvalue weighted by Crippen LogP contribution is 2.29. The summed E-state index contributed by atoms with van der Waals surface area (Å²) in [5, 5.41) is 12.7. The Bertz CT molecular complexity index is 1190. The summed E-state index contributed by atoms with van der Waals surface area (Å²) in [6, 6.07) is 24.8. The number of tetrazole rings is 1. The van der Waals surface area contributed by atoms with Crippen molar-refractivity contribution in [3.8, 4) is 5.75 Å². The maximum Gasteiger partial charge on any atom is 0.173 e. The predicted molar refractivity (Wildman–Crippen MR) is 128 cm³/mol. The van der Waals surface area contributed by atoms with Crippen molar-refractivity contribution in [3.05, 3.63) is 102 Å². The molecular formula is C26H27FN6O. The molecule has 0 saturated carbocycles. The second-order valence-corrected chi connectivity index (χ2v) is 8.36. The average molecular weight is 459 g/mol. The van der Waals surface area contributed by atoms with Gasteiger partial charge in [-0.25, -0.2) is 9.07 Å². The van der Waals surface area contributed by atoms with Gasteiger partial charge in [0.2, 0.25) is 0 Å². The third kappa shape index (κ3) is 4.77. The number of para-hydroxylation sites is 1. The zero-order valence-electron chi connectivity index (χ0n) is 19.1. The molecule has 0 aliphatic carbocycles. The molecule has 1 aromatic heterocycles. The van der Waals surface area contributed by atoms with Crippen LogP contribution in [0.15, 0.2) is 78.9 Å². The second kappa shape index (κ2) is 10.0. The van der Waals surface area contributed by atoms with Crippen LogP contribution in [0.1, 0.15) is 23.0 Å². The van der Waals surface area contributed by atoms with E-state index < -0.39 is 0 Å². The van der Waals surface area contributed by atoms with E-state index >= 15 is 0 Å². The van der Waals surface area contributed by atoms with Gasteiger partial charge in [-0.05, 0) is 58.0 Å². The SMILES string of the molecule is COc1ccc(Cn2nnnc2C(c2ccc(F)cc2)N2CCN(c3ccccc3)CC2)cc1. The van der Waals surface area contributed by atoms with Gasteiger partial charge in [0.25, 0.3) is 0 Å². The van der Waals surface area contributed by atoms with E-state index in [0.717, 1.165) is 48.9 Å². The van der Waals surface area contributed by atoms with Crippen LogP contribution in [0.25, 0.3) is 0 Å². The van der Waals surface area contributed by atoms with Crippen molar-refractivity contribution in [2.75, 3.05) is 38.2 Å². The molecule has 7 nitrogen and oxygen atoms in total. The zero-order valence-corrected chi connectivity index (χ0v) is 19.1. The number of nitrogens with zero attached hydrogens (tertiary/aromatic N) is 6. The van der Waals surface area contributed by atoms with Crippen LogP contribution in [0.2, 0.25) is 0 Å². The number of piperazine rings is 1. The molecule has 0 radical (unpaired) electrons. The highest BCUT2D eigenvalue weighted by atomic mass is 19.1. The zero-order chi connectivity index (χ0) is 23.3. The number of anilines is 1. The number of rotatable bonds is 7.